The number of carbonyl (C=O) groups excluding carboxylic acids is 2. The maximum atomic E-state index is 12.2. The number of nitrogens with one attached hydrogen (secondary N) is 1. The Kier molecular flexibility index (Phi) is 6.18. The Morgan fingerprint density at radius 3 is 2.35 bits per heavy atom. The molecule has 0 fully saturated rings. The van der Waals surface area contributed by atoms with E-state index in [4.69, 9.17) is 16.3 Å². The van der Waals surface area contributed by atoms with Gasteiger partial charge in [-0.2, -0.15) is 0 Å². The van der Waals surface area contributed by atoms with Gasteiger partial charge in [0.25, 0.3) is 5.91 Å². The van der Waals surface area contributed by atoms with E-state index in [0.717, 1.165) is 5.56 Å². The van der Waals surface area contributed by atoms with E-state index >= 15 is 0 Å². The van der Waals surface area contributed by atoms with Crippen LogP contribution in [-0.2, 0) is 14.3 Å². The summed E-state index contributed by atoms with van der Waals surface area (Å²) in [4.78, 5) is 24.0. The zero-order valence-electron chi connectivity index (χ0n) is 12.8. The molecular formula is C18H18ClNO3. The first-order valence-electron chi connectivity index (χ1n) is 7.37. The monoisotopic (exact) mass is 331 g/mol. The molecule has 5 heteroatoms. The highest BCUT2D eigenvalue weighted by Crippen LogP contribution is 2.20. The van der Waals surface area contributed by atoms with Crippen LogP contribution in [0.15, 0.2) is 54.6 Å². The molecule has 23 heavy (non-hydrogen) atoms. The first-order chi connectivity index (χ1) is 11.1. The van der Waals surface area contributed by atoms with Gasteiger partial charge in [0.15, 0.2) is 6.61 Å². The van der Waals surface area contributed by atoms with Crippen molar-refractivity contribution in [1.29, 1.82) is 0 Å². The summed E-state index contributed by atoms with van der Waals surface area (Å²) in [6, 6.07) is 16.1. The average molecular weight is 332 g/mol. The lowest BCUT2D eigenvalue weighted by Gasteiger charge is -2.14. The summed E-state index contributed by atoms with van der Waals surface area (Å²) in [5.41, 5.74) is 1.49. The van der Waals surface area contributed by atoms with Crippen molar-refractivity contribution in [3.63, 3.8) is 0 Å². The fourth-order valence-corrected chi connectivity index (χ4v) is 2.32. The average Bonchev–Trinajstić information content (AvgIpc) is 2.57. The Morgan fingerprint density at radius 2 is 1.74 bits per heavy atom. The molecule has 1 N–H and O–H groups in total. The first-order valence-corrected chi connectivity index (χ1v) is 7.75. The summed E-state index contributed by atoms with van der Waals surface area (Å²) in [5.74, 6) is -1.15. The zero-order valence-corrected chi connectivity index (χ0v) is 13.5. The van der Waals surface area contributed by atoms with Gasteiger partial charge >= 0.3 is 5.97 Å². The molecule has 2 aromatic rings. The van der Waals surface area contributed by atoms with Crippen LogP contribution < -0.4 is 5.32 Å². The van der Waals surface area contributed by atoms with Gasteiger partial charge in [-0.1, -0.05) is 48.9 Å². The molecule has 120 valence electrons. The SMILES string of the molecule is CCC(C(=O)OCC(=O)Nc1ccc(Cl)cc1)c1ccccc1. The van der Waals surface area contributed by atoms with E-state index < -0.39 is 5.97 Å². The number of rotatable bonds is 6. The Hall–Kier alpha value is -2.33. The molecule has 0 aliphatic heterocycles. The van der Waals surface area contributed by atoms with Crippen molar-refractivity contribution < 1.29 is 14.3 Å². The molecule has 1 unspecified atom stereocenters. The number of hydrogen-bond donors (Lipinski definition) is 1. The van der Waals surface area contributed by atoms with E-state index in [1.807, 2.05) is 37.3 Å². The van der Waals surface area contributed by atoms with Crippen molar-refractivity contribution in [2.75, 3.05) is 11.9 Å². The molecule has 0 radical (unpaired) electrons. The lowest BCUT2D eigenvalue weighted by atomic mass is 9.97. The van der Waals surface area contributed by atoms with Gasteiger partial charge in [0.2, 0.25) is 0 Å². The summed E-state index contributed by atoms with van der Waals surface area (Å²) < 4.78 is 5.13. The van der Waals surface area contributed by atoms with Crippen molar-refractivity contribution in [1.82, 2.24) is 0 Å². The minimum Gasteiger partial charge on any atom is -0.455 e. The second-order valence-electron chi connectivity index (χ2n) is 5.03. The zero-order chi connectivity index (χ0) is 16.7. The maximum absolute atomic E-state index is 12.2. The van der Waals surface area contributed by atoms with Crippen molar-refractivity contribution in [2.24, 2.45) is 0 Å². The molecule has 2 aromatic carbocycles. The molecule has 1 atom stereocenters. The number of amides is 1. The predicted octanol–water partition coefficient (Wildman–Crippen LogP) is 4.02. The Morgan fingerprint density at radius 1 is 1.09 bits per heavy atom. The van der Waals surface area contributed by atoms with E-state index in [1.165, 1.54) is 0 Å². The van der Waals surface area contributed by atoms with Gasteiger partial charge in [-0.05, 0) is 36.2 Å². The quantitative estimate of drug-likeness (QED) is 0.813. The molecule has 0 saturated carbocycles. The lowest BCUT2D eigenvalue weighted by Crippen LogP contribution is -2.23. The van der Waals surface area contributed by atoms with Crippen LogP contribution in [0.2, 0.25) is 5.02 Å². The van der Waals surface area contributed by atoms with Gasteiger partial charge in [-0.15, -0.1) is 0 Å². The van der Waals surface area contributed by atoms with E-state index in [9.17, 15) is 9.59 Å². The second kappa shape index (κ2) is 8.34. The molecule has 0 aliphatic carbocycles. The molecular weight excluding hydrogens is 314 g/mol. The van der Waals surface area contributed by atoms with Crippen LogP contribution in [0.25, 0.3) is 0 Å². The van der Waals surface area contributed by atoms with E-state index in [2.05, 4.69) is 5.32 Å². The molecule has 2 rings (SSSR count). The summed E-state index contributed by atoms with van der Waals surface area (Å²) in [6.45, 7) is 1.59. The summed E-state index contributed by atoms with van der Waals surface area (Å²) >= 11 is 5.78. The number of hydrogen-bond acceptors (Lipinski definition) is 3. The Bertz CT molecular complexity index is 656. The predicted molar refractivity (Wildman–Crippen MR) is 90.5 cm³/mol. The minimum atomic E-state index is -0.398. The van der Waals surface area contributed by atoms with Gasteiger partial charge < -0.3 is 10.1 Å². The fraction of sp³-hybridized carbons (Fsp3) is 0.222. The first kappa shape index (κ1) is 17.0. The minimum absolute atomic E-state index is 0.315. The van der Waals surface area contributed by atoms with Crippen LogP contribution in [0.1, 0.15) is 24.8 Å². The van der Waals surface area contributed by atoms with Crippen LogP contribution in [0, 0.1) is 0 Å². The highest BCUT2D eigenvalue weighted by Gasteiger charge is 2.20. The van der Waals surface area contributed by atoms with E-state index in [1.54, 1.807) is 24.3 Å². The summed E-state index contributed by atoms with van der Waals surface area (Å²) in [7, 11) is 0. The highest BCUT2D eigenvalue weighted by molar-refractivity contribution is 6.30. The van der Waals surface area contributed by atoms with Crippen molar-refractivity contribution in [3.05, 3.63) is 65.2 Å². The fourth-order valence-electron chi connectivity index (χ4n) is 2.19. The Balaban J connectivity index is 1.87. The molecule has 0 spiro atoms. The Labute approximate surface area is 140 Å². The van der Waals surface area contributed by atoms with Crippen LogP contribution in [0.3, 0.4) is 0 Å². The van der Waals surface area contributed by atoms with Crippen LogP contribution in [-0.4, -0.2) is 18.5 Å². The number of halogens is 1. The van der Waals surface area contributed by atoms with Gasteiger partial charge in [0, 0.05) is 10.7 Å². The summed E-state index contributed by atoms with van der Waals surface area (Å²) in [5, 5.41) is 3.23. The third kappa shape index (κ3) is 5.11. The third-order valence-electron chi connectivity index (χ3n) is 3.37. The van der Waals surface area contributed by atoms with E-state index in [0.29, 0.717) is 17.1 Å². The van der Waals surface area contributed by atoms with E-state index in [-0.39, 0.29) is 18.4 Å². The van der Waals surface area contributed by atoms with Gasteiger partial charge in [-0.3, -0.25) is 9.59 Å². The maximum Gasteiger partial charge on any atom is 0.313 e. The normalized spacial score (nSPS) is 11.6. The molecule has 4 nitrogen and oxygen atoms in total. The molecule has 0 saturated heterocycles. The molecule has 0 heterocycles. The third-order valence-corrected chi connectivity index (χ3v) is 3.62. The topological polar surface area (TPSA) is 55.4 Å². The molecule has 1 amide bonds. The smallest absolute Gasteiger partial charge is 0.313 e. The van der Waals surface area contributed by atoms with Gasteiger partial charge in [0.1, 0.15) is 0 Å². The largest absolute Gasteiger partial charge is 0.455 e. The standard InChI is InChI=1S/C18H18ClNO3/c1-2-16(13-6-4-3-5-7-13)18(22)23-12-17(21)20-15-10-8-14(19)9-11-15/h3-11,16H,2,12H2,1H3,(H,20,21). The number of benzene rings is 2. The van der Waals surface area contributed by atoms with Crippen LogP contribution in [0.4, 0.5) is 5.69 Å². The molecule has 0 aromatic heterocycles. The number of carbonyl (C=O) groups is 2. The molecule has 0 bridgehead atoms. The van der Waals surface area contributed by atoms with Crippen molar-refractivity contribution >= 4 is 29.2 Å². The van der Waals surface area contributed by atoms with Crippen LogP contribution in [0.5, 0.6) is 0 Å². The number of ether oxygens (including phenoxy) is 1. The van der Waals surface area contributed by atoms with Crippen molar-refractivity contribution in [2.45, 2.75) is 19.3 Å². The molecule has 0 aliphatic rings. The second-order valence-corrected chi connectivity index (χ2v) is 5.47. The number of esters is 1. The van der Waals surface area contributed by atoms with Gasteiger partial charge in [0.05, 0.1) is 5.92 Å². The summed E-state index contributed by atoms with van der Waals surface area (Å²) in [6.07, 6.45) is 0.613. The number of anilines is 1. The van der Waals surface area contributed by atoms with Crippen LogP contribution >= 0.6 is 11.6 Å². The highest BCUT2D eigenvalue weighted by atomic mass is 35.5. The van der Waals surface area contributed by atoms with Gasteiger partial charge in [-0.25, -0.2) is 0 Å². The van der Waals surface area contributed by atoms with Crippen molar-refractivity contribution in [3.8, 4) is 0 Å². The lowest BCUT2D eigenvalue weighted by molar-refractivity contribution is -0.149.